The molecule has 154 valence electrons. The van der Waals surface area contributed by atoms with Crippen LogP contribution in [0.4, 0.5) is 0 Å². The van der Waals surface area contributed by atoms with Crippen molar-refractivity contribution in [1.29, 1.82) is 0 Å². The van der Waals surface area contributed by atoms with E-state index in [1.54, 1.807) is 7.05 Å². The van der Waals surface area contributed by atoms with E-state index in [9.17, 15) is 9.59 Å². The maximum Gasteiger partial charge on any atom is 0.332 e. The molecule has 1 aliphatic heterocycles. The minimum Gasteiger partial charge on any atom is -0.321 e. The van der Waals surface area contributed by atoms with E-state index in [0.29, 0.717) is 17.7 Å². The van der Waals surface area contributed by atoms with Gasteiger partial charge in [-0.2, -0.15) is 0 Å². The summed E-state index contributed by atoms with van der Waals surface area (Å²) in [7, 11) is 3.23. The van der Waals surface area contributed by atoms with Gasteiger partial charge in [0.25, 0.3) is 5.56 Å². The number of aromatic nitrogens is 4. The largest absolute Gasteiger partial charge is 0.332 e. The predicted octanol–water partition coefficient (Wildman–Crippen LogP) is 2.18. The van der Waals surface area contributed by atoms with Crippen molar-refractivity contribution >= 4 is 11.2 Å². The molecule has 0 fully saturated rings. The monoisotopic (exact) mass is 395 g/mol. The SMILES string of the molecule is CCCCCn1c(CN2CCc3ccccc3C2)nc2c1c(=O)n(C)c(=O)n2C. The smallest absolute Gasteiger partial charge is 0.321 e. The van der Waals surface area contributed by atoms with E-state index in [-0.39, 0.29) is 11.2 Å². The summed E-state index contributed by atoms with van der Waals surface area (Å²) in [5.74, 6) is 0.869. The summed E-state index contributed by atoms with van der Waals surface area (Å²) >= 11 is 0. The number of unbranched alkanes of at least 4 members (excludes halogenated alkanes) is 2. The normalized spacial score (nSPS) is 14.4. The molecule has 4 rings (SSSR count). The van der Waals surface area contributed by atoms with Crippen LogP contribution < -0.4 is 11.2 Å². The van der Waals surface area contributed by atoms with Gasteiger partial charge in [-0.15, -0.1) is 0 Å². The Morgan fingerprint density at radius 2 is 1.79 bits per heavy atom. The summed E-state index contributed by atoms with van der Waals surface area (Å²) < 4.78 is 4.72. The summed E-state index contributed by atoms with van der Waals surface area (Å²) in [5.41, 5.74) is 3.20. The van der Waals surface area contributed by atoms with Gasteiger partial charge in [0.1, 0.15) is 5.82 Å². The third kappa shape index (κ3) is 3.55. The molecule has 3 heterocycles. The van der Waals surface area contributed by atoms with Crippen molar-refractivity contribution in [2.24, 2.45) is 14.1 Å². The molecule has 1 aliphatic rings. The van der Waals surface area contributed by atoms with E-state index in [2.05, 4.69) is 36.1 Å². The van der Waals surface area contributed by atoms with E-state index in [1.165, 1.54) is 27.3 Å². The third-order valence-electron chi connectivity index (χ3n) is 5.99. The van der Waals surface area contributed by atoms with Crippen LogP contribution in [-0.2, 0) is 40.2 Å². The van der Waals surface area contributed by atoms with Gasteiger partial charge >= 0.3 is 5.69 Å². The van der Waals surface area contributed by atoms with Gasteiger partial charge in [0.15, 0.2) is 11.2 Å². The quantitative estimate of drug-likeness (QED) is 0.600. The second-order valence-electron chi connectivity index (χ2n) is 7.99. The van der Waals surface area contributed by atoms with Gasteiger partial charge in [0.05, 0.1) is 6.54 Å². The third-order valence-corrected chi connectivity index (χ3v) is 5.99. The number of nitrogens with zero attached hydrogens (tertiary/aromatic N) is 5. The summed E-state index contributed by atoms with van der Waals surface area (Å²) in [6, 6.07) is 8.57. The molecule has 0 bridgehead atoms. The molecular formula is C22H29N5O2. The lowest BCUT2D eigenvalue weighted by atomic mass is 10.00. The summed E-state index contributed by atoms with van der Waals surface area (Å²) in [6.45, 7) is 5.43. The average molecular weight is 396 g/mol. The molecule has 0 spiro atoms. The highest BCUT2D eigenvalue weighted by Crippen LogP contribution is 2.21. The van der Waals surface area contributed by atoms with E-state index < -0.39 is 0 Å². The molecule has 0 saturated carbocycles. The summed E-state index contributed by atoms with van der Waals surface area (Å²) in [6.07, 6.45) is 4.22. The molecule has 7 nitrogen and oxygen atoms in total. The van der Waals surface area contributed by atoms with Crippen molar-refractivity contribution in [3.8, 4) is 0 Å². The Morgan fingerprint density at radius 1 is 1.03 bits per heavy atom. The van der Waals surface area contributed by atoms with Crippen LogP contribution in [0.5, 0.6) is 0 Å². The first kappa shape index (κ1) is 19.6. The van der Waals surface area contributed by atoms with Crippen molar-refractivity contribution in [2.75, 3.05) is 6.54 Å². The molecule has 3 aromatic rings. The Morgan fingerprint density at radius 3 is 2.55 bits per heavy atom. The van der Waals surface area contributed by atoms with Crippen LogP contribution in [-0.4, -0.2) is 30.1 Å². The van der Waals surface area contributed by atoms with Gasteiger partial charge in [-0.1, -0.05) is 44.0 Å². The standard InChI is InChI=1S/C22H29N5O2/c1-4-5-8-12-27-18(15-26-13-11-16-9-6-7-10-17(16)14-26)23-20-19(27)21(28)25(3)22(29)24(20)2/h6-7,9-10H,4-5,8,11-15H2,1-3H3. The van der Waals surface area contributed by atoms with Crippen LogP contribution in [0, 0.1) is 0 Å². The van der Waals surface area contributed by atoms with Crippen molar-refractivity contribution in [3.05, 3.63) is 62.1 Å². The van der Waals surface area contributed by atoms with Crippen molar-refractivity contribution in [1.82, 2.24) is 23.6 Å². The number of aryl methyl sites for hydroxylation is 2. The topological polar surface area (TPSA) is 65.1 Å². The Bertz CT molecular complexity index is 1150. The zero-order valence-electron chi connectivity index (χ0n) is 17.5. The minimum atomic E-state index is -0.334. The first-order chi connectivity index (χ1) is 14.0. The van der Waals surface area contributed by atoms with Gasteiger partial charge in [0, 0.05) is 33.7 Å². The van der Waals surface area contributed by atoms with E-state index >= 15 is 0 Å². The zero-order valence-corrected chi connectivity index (χ0v) is 17.5. The number of rotatable bonds is 6. The maximum atomic E-state index is 12.9. The van der Waals surface area contributed by atoms with Gasteiger partial charge in [-0.3, -0.25) is 18.8 Å². The number of benzene rings is 1. The minimum absolute atomic E-state index is 0.262. The Labute approximate surface area is 170 Å². The van der Waals surface area contributed by atoms with Crippen LogP contribution in [0.1, 0.15) is 43.1 Å². The molecule has 0 amide bonds. The van der Waals surface area contributed by atoms with E-state index in [4.69, 9.17) is 4.98 Å². The molecule has 2 aromatic heterocycles. The number of imidazole rings is 1. The number of hydrogen-bond acceptors (Lipinski definition) is 4. The molecule has 0 aliphatic carbocycles. The maximum absolute atomic E-state index is 12.9. The fraction of sp³-hybridized carbons (Fsp3) is 0.500. The van der Waals surface area contributed by atoms with Gasteiger partial charge in [-0.05, 0) is 24.0 Å². The molecule has 1 aromatic carbocycles. The van der Waals surface area contributed by atoms with Gasteiger partial charge in [-0.25, -0.2) is 9.78 Å². The summed E-state index contributed by atoms with van der Waals surface area (Å²) in [4.78, 5) is 32.4. The molecule has 0 atom stereocenters. The highest BCUT2D eigenvalue weighted by Gasteiger charge is 2.22. The predicted molar refractivity (Wildman–Crippen MR) is 114 cm³/mol. The van der Waals surface area contributed by atoms with Gasteiger partial charge in [0.2, 0.25) is 0 Å². The van der Waals surface area contributed by atoms with Crippen LogP contribution in [0.25, 0.3) is 11.2 Å². The van der Waals surface area contributed by atoms with Gasteiger partial charge < -0.3 is 4.57 Å². The lowest BCUT2D eigenvalue weighted by Gasteiger charge is -2.28. The highest BCUT2D eigenvalue weighted by atomic mass is 16.2. The van der Waals surface area contributed by atoms with Crippen LogP contribution >= 0.6 is 0 Å². The molecule has 29 heavy (non-hydrogen) atoms. The van der Waals surface area contributed by atoms with Crippen LogP contribution in [0.2, 0.25) is 0 Å². The summed E-state index contributed by atoms with van der Waals surface area (Å²) in [5, 5.41) is 0. The lowest BCUT2D eigenvalue weighted by molar-refractivity contribution is 0.236. The molecule has 0 N–H and O–H groups in total. The molecule has 0 radical (unpaired) electrons. The fourth-order valence-electron chi connectivity index (χ4n) is 4.26. The van der Waals surface area contributed by atoms with E-state index in [0.717, 1.165) is 51.1 Å². The average Bonchev–Trinajstić information content (AvgIpc) is 3.09. The number of fused-ring (bicyclic) bond motifs is 2. The Balaban J connectivity index is 1.74. The van der Waals surface area contributed by atoms with Crippen molar-refractivity contribution < 1.29 is 0 Å². The highest BCUT2D eigenvalue weighted by molar-refractivity contribution is 5.71. The molecule has 0 saturated heterocycles. The molecule has 0 unspecified atom stereocenters. The second-order valence-corrected chi connectivity index (χ2v) is 7.99. The van der Waals surface area contributed by atoms with Crippen LogP contribution in [0.15, 0.2) is 33.9 Å². The zero-order chi connectivity index (χ0) is 20.5. The lowest BCUT2D eigenvalue weighted by Crippen LogP contribution is -2.37. The second kappa shape index (κ2) is 7.99. The van der Waals surface area contributed by atoms with Crippen molar-refractivity contribution in [3.63, 3.8) is 0 Å². The number of hydrogen-bond donors (Lipinski definition) is 0. The first-order valence-electron chi connectivity index (χ1n) is 10.5. The fourth-order valence-corrected chi connectivity index (χ4v) is 4.26. The Hall–Kier alpha value is -2.67. The molecule has 7 heteroatoms. The first-order valence-corrected chi connectivity index (χ1v) is 10.5. The Kier molecular flexibility index (Phi) is 5.41. The van der Waals surface area contributed by atoms with Crippen LogP contribution in [0.3, 0.4) is 0 Å². The molecular weight excluding hydrogens is 366 g/mol. The van der Waals surface area contributed by atoms with Crippen molar-refractivity contribution in [2.45, 2.75) is 52.2 Å². The van der Waals surface area contributed by atoms with E-state index in [1.807, 2.05) is 4.57 Å².